The van der Waals surface area contributed by atoms with Crippen molar-refractivity contribution in [1.29, 1.82) is 0 Å². The minimum absolute atomic E-state index is 0.0225. The number of halogens is 1. The number of hydrogen-bond acceptors (Lipinski definition) is 4. The van der Waals surface area contributed by atoms with Crippen LogP contribution in [-0.4, -0.2) is 25.2 Å². The highest BCUT2D eigenvalue weighted by atomic mass is 35.5. The summed E-state index contributed by atoms with van der Waals surface area (Å²) in [7, 11) is 3.71. The van der Waals surface area contributed by atoms with E-state index in [1.165, 1.54) is 32.1 Å². The largest absolute Gasteiger partial charge is 0.383 e. The molecule has 3 N–H and O–H groups in total. The highest BCUT2D eigenvalue weighted by molar-refractivity contribution is 6.30. The number of aromatic nitrogens is 1. The Morgan fingerprint density at radius 2 is 2.10 bits per heavy atom. The van der Waals surface area contributed by atoms with Gasteiger partial charge in [0.1, 0.15) is 5.82 Å². The zero-order valence-electron chi connectivity index (χ0n) is 12.2. The smallest absolute Gasteiger partial charge is 0.128 e. The van der Waals surface area contributed by atoms with Crippen LogP contribution >= 0.6 is 11.6 Å². The maximum atomic E-state index is 6.06. The molecule has 5 heteroatoms. The van der Waals surface area contributed by atoms with Crippen molar-refractivity contribution in [3.8, 4) is 0 Å². The van der Waals surface area contributed by atoms with E-state index in [0.717, 1.165) is 5.56 Å². The van der Waals surface area contributed by atoms with Gasteiger partial charge in [0.25, 0.3) is 0 Å². The molecule has 1 fully saturated rings. The molecule has 0 amide bonds. The van der Waals surface area contributed by atoms with Gasteiger partial charge in [0, 0.05) is 18.9 Å². The summed E-state index contributed by atoms with van der Waals surface area (Å²) in [5.41, 5.74) is 6.95. The first-order valence-electron chi connectivity index (χ1n) is 7.28. The number of methoxy groups -OCH3 is 1. The van der Waals surface area contributed by atoms with E-state index in [1.807, 2.05) is 13.1 Å². The first-order chi connectivity index (χ1) is 9.67. The molecule has 1 saturated carbocycles. The molecule has 2 rings (SSSR count). The maximum absolute atomic E-state index is 6.06. The number of likely N-dealkylation sites (N-methyl/N-ethyl adjacent to an activating group) is 1. The van der Waals surface area contributed by atoms with Gasteiger partial charge in [-0.15, -0.1) is 0 Å². The Morgan fingerprint density at radius 1 is 1.40 bits per heavy atom. The van der Waals surface area contributed by atoms with Crippen molar-refractivity contribution in [3.05, 3.63) is 22.8 Å². The molecule has 4 nitrogen and oxygen atoms in total. The molecule has 0 aliphatic heterocycles. The van der Waals surface area contributed by atoms with E-state index >= 15 is 0 Å². The number of anilines is 1. The van der Waals surface area contributed by atoms with Gasteiger partial charge in [-0.1, -0.05) is 30.9 Å². The van der Waals surface area contributed by atoms with Crippen LogP contribution in [0.1, 0.15) is 43.7 Å². The second kappa shape index (κ2) is 7.25. The normalized spacial score (nSPS) is 19.8. The lowest BCUT2D eigenvalue weighted by Gasteiger charge is -2.35. The van der Waals surface area contributed by atoms with Crippen LogP contribution in [0.2, 0.25) is 5.02 Å². The average molecular weight is 298 g/mol. The molecule has 0 aromatic carbocycles. The number of ether oxygens (including phenoxy) is 1. The summed E-state index contributed by atoms with van der Waals surface area (Å²) in [6.07, 6.45) is 8.00. The van der Waals surface area contributed by atoms with Crippen molar-refractivity contribution in [3.63, 3.8) is 0 Å². The molecular weight excluding hydrogens is 274 g/mol. The molecular formula is C15H24ClN3O. The average Bonchev–Trinajstić information content (AvgIpc) is 2.48. The second-order valence-corrected chi connectivity index (χ2v) is 5.93. The zero-order valence-corrected chi connectivity index (χ0v) is 13.0. The molecule has 2 unspecified atom stereocenters. The Balaban J connectivity index is 2.26. The van der Waals surface area contributed by atoms with Crippen molar-refractivity contribution in [2.24, 2.45) is 5.92 Å². The SMILES string of the molecule is CNC(c1cc(Cl)cnc1N)C(OC)C1CCCCC1. The summed E-state index contributed by atoms with van der Waals surface area (Å²) >= 11 is 6.06. The minimum Gasteiger partial charge on any atom is -0.383 e. The Kier molecular flexibility index (Phi) is 5.64. The second-order valence-electron chi connectivity index (χ2n) is 5.49. The van der Waals surface area contributed by atoms with Crippen LogP contribution in [0.15, 0.2) is 12.3 Å². The molecule has 1 aromatic rings. The summed E-state index contributed by atoms with van der Waals surface area (Å²) in [6, 6.07) is 1.91. The van der Waals surface area contributed by atoms with E-state index in [-0.39, 0.29) is 12.1 Å². The van der Waals surface area contributed by atoms with Gasteiger partial charge >= 0.3 is 0 Å². The van der Waals surface area contributed by atoms with Gasteiger partial charge in [-0.05, 0) is 31.9 Å². The van der Waals surface area contributed by atoms with Gasteiger partial charge in [0.05, 0.1) is 17.2 Å². The van der Waals surface area contributed by atoms with Gasteiger partial charge in [-0.2, -0.15) is 0 Å². The molecule has 0 saturated heterocycles. The summed E-state index contributed by atoms with van der Waals surface area (Å²) in [5.74, 6) is 1.08. The first-order valence-corrected chi connectivity index (χ1v) is 7.66. The molecule has 2 atom stereocenters. The van der Waals surface area contributed by atoms with Crippen molar-refractivity contribution < 1.29 is 4.74 Å². The van der Waals surface area contributed by atoms with E-state index < -0.39 is 0 Å². The third-order valence-corrected chi connectivity index (χ3v) is 4.48. The number of hydrogen-bond donors (Lipinski definition) is 2. The number of nitrogens with two attached hydrogens (primary N) is 1. The van der Waals surface area contributed by atoms with Gasteiger partial charge in [-0.3, -0.25) is 0 Å². The fraction of sp³-hybridized carbons (Fsp3) is 0.667. The van der Waals surface area contributed by atoms with Gasteiger partial charge in [0.2, 0.25) is 0 Å². The quantitative estimate of drug-likeness (QED) is 0.876. The van der Waals surface area contributed by atoms with Crippen molar-refractivity contribution in [2.45, 2.75) is 44.2 Å². The monoisotopic (exact) mass is 297 g/mol. The lowest BCUT2D eigenvalue weighted by molar-refractivity contribution is 0.00952. The molecule has 0 spiro atoms. The summed E-state index contributed by atoms with van der Waals surface area (Å²) in [5, 5.41) is 3.94. The highest BCUT2D eigenvalue weighted by Crippen LogP contribution is 2.35. The third-order valence-electron chi connectivity index (χ3n) is 4.28. The van der Waals surface area contributed by atoms with Crippen LogP contribution in [0.5, 0.6) is 0 Å². The Bertz CT molecular complexity index is 435. The zero-order chi connectivity index (χ0) is 14.5. The maximum Gasteiger partial charge on any atom is 0.128 e. The fourth-order valence-electron chi connectivity index (χ4n) is 3.27. The van der Waals surface area contributed by atoms with E-state index in [1.54, 1.807) is 13.3 Å². The minimum atomic E-state index is 0.0225. The van der Waals surface area contributed by atoms with Crippen LogP contribution in [0, 0.1) is 5.92 Å². The molecule has 0 bridgehead atoms. The molecule has 1 aromatic heterocycles. The molecule has 1 heterocycles. The highest BCUT2D eigenvalue weighted by Gasteiger charge is 2.32. The fourth-order valence-corrected chi connectivity index (χ4v) is 3.44. The van der Waals surface area contributed by atoms with Gasteiger partial charge in [0.15, 0.2) is 0 Å². The first kappa shape index (κ1) is 15.5. The molecule has 112 valence electrons. The standard InChI is InChI=1S/C15H24ClN3O/c1-18-13(12-8-11(16)9-19-15(12)17)14(20-2)10-6-4-3-5-7-10/h8-10,13-14,18H,3-7H2,1-2H3,(H2,17,19). The van der Waals surface area contributed by atoms with Crippen molar-refractivity contribution in [1.82, 2.24) is 10.3 Å². The number of nitrogen functional groups attached to an aromatic ring is 1. The summed E-state index contributed by atoms with van der Waals surface area (Å²) < 4.78 is 5.80. The Labute approximate surface area is 126 Å². The predicted molar refractivity (Wildman–Crippen MR) is 82.8 cm³/mol. The summed E-state index contributed by atoms with van der Waals surface area (Å²) in [4.78, 5) is 4.16. The lowest BCUT2D eigenvalue weighted by atomic mass is 9.81. The predicted octanol–water partition coefficient (Wildman–Crippen LogP) is 3.17. The molecule has 1 aliphatic carbocycles. The van der Waals surface area contributed by atoms with Crippen LogP contribution in [0.4, 0.5) is 5.82 Å². The van der Waals surface area contributed by atoms with Crippen molar-refractivity contribution >= 4 is 17.4 Å². The van der Waals surface area contributed by atoms with Crippen LogP contribution in [-0.2, 0) is 4.74 Å². The molecule has 20 heavy (non-hydrogen) atoms. The van der Waals surface area contributed by atoms with E-state index in [4.69, 9.17) is 22.1 Å². The number of rotatable bonds is 5. The lowest BCUT2D eigenvalue weighted by Crippen LogP contribution is -2.38. The van der Waals surface area contributed by atoms with Crippen LogP contribution < -0.4 is 11.1 Å². The number of nitrogens with zero attached hydrogens (tertiary/aromatic N) is 1. The van der Waals surface area contributed by atoms with E-state index in [9.17, 15) is 0 Å². The van der Waals surface area contributed by atoms with E-state index in [0.29, 0.717) is 16.8 Å². The molecule has 1 aliphatic rings. The summed E-state index contributed by atoms with van der Waals surface area (Å²) in [6.45, 7) is 0. The number of nitrogens with one attached hydrogen (secondary N) is 1. The Morgan fingerprint density at radius 3 is 2.70 bits per heavy atom. The Hall–Kier alpha value is -0.840. The van der Waals surface area contributed by atoms with Gasteiger partial charge < -0.3 is 15.8 Å². The third kappa shape index (κ3) is 3.43. The number of pyridine rings is 1. The van der Waals surface area contributed by atoms with Crippen molar-refractivity contribution in [2.75, 3.05) is 19.9 Å². The van der Waals surface area contributed by atoms with E-state index in [2.05, 4.69) is 10.3 Å². The van der Waals surface area contributed by atoms with Crippen LogP contribution in [0.3, 0.4) is 0 Å². The molecule has 0 radical (unpaired) electrons. The van der Waals surface area contributed by atoms with Crippen LogP contribution in [0.25, 0.3) is 0 Å². The van der Waals surface area contributed by atoms with Gasteiger partial charge in [-0.25, -0.2) is 4.98 Å². The topological polar surface area (TPSA) is 60.2 Å².